The summed E-state index contributed by atoms with van der Waals surface area (Å²) in [5.74, 6) is 2.23. The van der Waals surface area contributed by atoms with E-state index in [9.17, 15) is 0 Å². The molecule has 1 fully saturated rings. The lowest BCUT2D eigenvalue weighted by atomic mass is 10.2. The Balaban J connectivity index is 1.35. The summed E-state index contributed by atoms with van der Waals surface area (Å²) >= 11 is 0. The topological polar surface area (TPSA) is 79.3 Å². The number of hydrogen-bond donors (Lipinski definition) is 1. The van der Waals surface area contributed by atoms with Crippen molar-refractivity contribution < 1.29 is 4.74 Å². The van der Waals surface area contributed by atoms with E-state index in [1.807, 2.05) is 30.3 Å². The lowest BCUT2D eigenvalue weighted by Gasteiger charge is -2.36. The summed E-state index contributed by atoms with van der Waals surface area (Å²) in [4.78, 5) is 13.4. The van der Waals surface area contributed by atoms with Gasteiger partial charge < -0.3 is 19.9 Å². The number of aromatic nitrogens is 4. The molecular formula is C20H23N7O. The van der Waals surface area contributed by atoms with E-state index in [1.165, 1.54) is 5.69 Å². The minimum Gasteiger partial charge on any atom is -0.497 e. The van der Waals surface area contributed by atoms with E-state index in [0.29, 0.717) is 18.3 Å². The number of ether oxygens (including phenoxy) is 1. The van der Waals surface area contributed by atoms with Gasteiger partial charge in [-0.25, -0.2) is 0 Å². The summed E-state index contributed by atoms with van der Waals surface area (Å²) < 4.78 is 5.23. The standard InChI is InChI=1S/C20H23N7O/c1-28-18-7-5-17(6-8-18)26-10-12-27(13-11-26)20-24-19(15-23-25-20)22-14-16-4-2-3-9-21-16/h2-9,15H,10-14H2,1H3,(H,22,24,25). The highest BCUT2D eigenvalue weighted by atomic mass is 16.5. The van der Waals surface area contributed by atoms with E-state index in [1.54, 1.807) is 19.5 Å². The molecule has 2 aromatic heterocycles. The normalized spacial score (nSPS) is 14.0. The first-order valence-corrected chi connectivity index (χ1v) is 9.29. The van der Waals surface area contributed by atoms with Gasteiger partial charge in [-0.3, -0.25) is 4.98 Å². The molecule has 28 heavy (non-hydrogen) atoms. The Hall–Kier alpha value is -3.42. The second-order valence-corrected chi connectivity index (χ2v) is 6.49. The van der Waals surface area contributed by atoms with Gasteiger partial charge >= 0.3 is 0 Å². The number of nitrogens with one attached hydrogen (secondary N) is 1. The minimum absolute atomic E-state index is 0.601. The highest BCUT2D eigenvalue weighted by molar-refractivity contribution is 5.51. The summed E-state index contributed by atoms with van der Waals surface area (Å²) in [6.45, 7) is 4.10. The Morgan fingerprint density at radius 1 is 1.00 bits per heavy atom. The SMILES string of the molecule is COc1ccc(N2CCN(c3nncc(NCc4ccccn4)n3)CC2)cc1. The molecule has 0 radical (unpaired) electrons. The van der Waals surface area contributed by atoms with Gasteiger partial charge in [0.25, 0.3) is 0 Å². The van der Waals surface area contributed by atoms with Crippen molar-refractivity contribution in [1.82, 2.24) is 20.2 Å². The molecule has 8 nitrogen and oxygen atoms in total. The number of benzene rings is 1. The average molecular weight is 377 g/mol. The van der Waals surface area contributed by atoms with Crippen LogP contribution in [0.4, 0.5) is 17.5 Å². The van der Waals surface area contributed by atoms with E-state index in [0.717, 1.165) is 37.6 Å². The van der Waals surface area contributed by atoms with Crippen molar-refractivity contribution in [2.45, 2.75) is 6.54 Å². The molecule has 0 aliphatic carbocycles. The lowest BCUT2D eigenvalue weighted by molar-refractivity contribution is 0.415. The van der Waals surface area contributed by atoms with Crippen molar-refractivity contribution in [1.29, 1.82) is 0 Å². The van der Waals surface area contributed by atoms with Crippen LogP contribution in [0, 0.1) is 0 Å². The molecule has 0 amide bonds. The van der Waals surface area contributed by atoms with Gasteiger partial charge in [0.05, 0.1) is 25.5 Å². The van der Waals surface area contributed by atoms with Gasteiger partial charge in [0.15, 0.2) is 5.82 Å². The van der Waals surface area contributed by atoms with Crippen molar-refractivity contribution in [3.63, 3.8) is 0 Å². The lowest BCUT2D eigenvalue weighted by Crippen LogP contribution is -2.47. The molecule has 3 heterocycles. The maximum Gasteiger partial charge on any atom is 0.247 e. The molecular weight excluding hydrogens is 354 g/mol. The van der Waals surface area contributed by atoms with Crippen LogP contribution in [0.1, 0.15) is 5.69 Å². The quantitative estimate of drug-likeness (QED) is 0.700. The van der Waals surface area contributed by atoms with Crippen LogP contribution in [0.2, 0.25) is 0 Å². The molecule has 1 saturated heterocycles. The minimum atomic E-state index is 0.601. The molecule has 1 aromatic carbocycles. The molecule has 0 saturated carbocycles. The fourth-order valence-electron chi connectivity index (χ4n) is 3.15. The van der Waals surface area contributed by atoms with Crippen LogP contribution in [-0.2, 0) is 6.54 Å². The van der Waals surface area contributed by atoms with E-state index < -0.39 is 0 Å². The third-order valence-electron chi connectivity index (χ3n) is 4.72. The van der Waals surface area contributed by atoms with Crippen LogP contribution in [0.5, 0.6) is 5.75 Å². The number of rotatable bonds is 6. The monoisotopic (exact) mass is 377 g/mol. The van der Waals surface area contributed by atoms with E-state index in [4.69, 9.17) is 4.74 Å². The van der Waals surface area contributed by atoms with Crippen molar-refractivity contribution >= 4 is 17.5 Å². The number of nitrogens with zero attached hydrogens (tertiary/aromatic N) is 6. The van der Waals surface area contributed by atoms with Crippen molar-refractivity contribution in [2.75, 3.05) is 48.4 Å². The molecule has 3 aromatic rings. The Morgan fingerprint density at radius 2 is 1.79 bits per heavy atom. The zero-order chi connectivity index (χ0) is 19.2. The van der Waals surface area contributed by atoms with Gasteiger partial charge in [0, 0.05) is 38.1 Å². The summed E-state index contributed by atoms with van der Waals surface area (Å²) in [7, 11) is 1.68. The maximum absolute atomic E-state index is 5.23. The first-order chi connectivity index (χ1) is 13.8. The number of methoxy groups -OCH3 is 1. The zero-order valence-electron chi connectivity index (χ0n) is 15.8. The third-order valence-corrected chi connectivity index (χ3v) is 4.72. The highest BCUT2D eigenvalue weighted by Gasteiger charge is 2.20. The molecule has 0 atom stereocenters. The highest BCUT2D eigenvalue weighted by Crippen LogP contribution is 2.21. The Kier molecular flexibility index (Phi) is 5.46. The Bertz CT molecular complexity index is 881. The largest absolute Gasteiger partial charge is 0.497 e. The van der Waals surface area contributed by atoms with Gasteiger partial charge in [-0.2, -0.15) is 10.1 Å². The third kappa shape index (κ3) is 4.28. The average Bonchev–Trinajstić information content (AvgIpc) is 2.79. The molecule has 0 unspecified atom stereocenters. The molecule has 0 bridgehead atoms. The van der Waals surface area contributed by atoms with Crippen LogP contribution in [0.15, 0.2) is 54.9 Å². The molecule has 8 heteroatoms. The molecule has 144 valence electrons. The van der Waals surface area contributed by atoms with Gasteiger partial charge in [-0.15, -0.1) is 5.10 Å². The molecule has 1 N–H and O–H groups in total. The molecule has 1 aliphatic heterocycles. The van der Waals surface area contributed by atoms with Crippen molar-refractivity contribution in [3.05, 3.63) is 60.6 Å². The summed E-state index contributed by atoms with van der Waals surface area (Å²) in [5, 5.41) is 11.6. The van der Waals surface area contributed by atoms with Crippen LogP contribution in [0.3, 0.4) is 0 Å². The van der Waals surface area contributed by atoms with E-state index >= 15 is 0 Å². The fourth-order valence-corrected chi connectivity index (χ4v) is 3.15. The molecule has 1 aliphatic rings. The van der Waals surface area contributed by atoms with E-state index in [-0.39, 0.29) is 0 Å². The smallest absolute Gasteiger partial charge is 0.247 e. The van der Waals surface area contributed by atoms with Gasteiger partial charge in [-0.1, -0.05) is 6.07 Å². The van der Waals surface area contributed by atoms with Crippen molar-refractivity contribution in [2.24, 2.45) is 0 Å². The van der Waals surface area contributed by atoms with Gasteiger partial charge in [-0.05, 0) is 36.4 Å². The number of pyridine rings is 1. The summed E-state index contributed by atoms with van der Waals surface area (Å²) in [6.07, 6.45) is 3.42. The van der Waals surface area contributed by atoms with Crippen LogP contribution in [-0.4, -0.2) is 53.5 Å². The number of hydrogen-bond acceptors (Lipinski definition) is 8. The summed E-state index contributed by atoms with van der Waals surface area (Å²) in [5.41, 5.74) is 2.15. The predicted octanol–water partition coefficient (Wildman–Crippen LogP) is 2.21. The fraction of sp³-hybridized carbons (Fsp3) is 0.300. The van der Waals surface area contributed by atoms with Crippen LogP contribution >= 0.6 is 0 Å². The predicted molar refractivity (Wildman–Crippen MR) is 109 cm³/mol. The van der Waals surface area contributed by atoms with E-state index in [2.05, 4.69) is 47.4 Å². The Morgan fingerprint density at radius 3 is 2.50 bits per heavy atom. The molecule has 0 spiro atoms. The van der Waals surface area contributed by atoms with Gasteiger partial charge in [0.2, 0.25) is 5.95 Å². The summed E-state index contributed by atoms with van der Waals surface area (Å²) in [6, 6.07) is 14.0. The van der Waals surface area contributed by atoms with Crippen LogP contribution in [0.25, 0.3) is 0 Å². The number of piperazine rings is 1. The second kappa shape index (κ2) is 8.51. The number of anilines is 3. The molecule has 4 rings (SSSR count). The van der Waals surface area contributed by atoms with Gasteiger partial charge in [0.1, 0.15) is 5.75 Å². The maximum atomic E-state index is 5.23. The second-order valence-electron chi connectivity index (χ2n) is 6.49. The van der Waals surface area contributed by atoms with Crippen molar-refractivity contribution in [3.8, 4) is 5.75 Å². The van der Waals surface area contributed by atoms with Crippen LogP contribution < -0.4 is 19.9 Å². The first kappa shape index (κ1) is 18.0. The zero-order valence-corrected chi connectivity index (χ0v) is 15.8. The first-order valence-electron chi connectivity index (χ1n) is 9.29. The Labute approximate surface area is 164 Å².